The van der Waals surface area contributed by atoms with Crippen molar-refractivity contribution in [2.45, 2.75) is 82.6 Å². The number of alkyl halides is 3. The van der Waals surface area contributed by atoms with E-state index in [1.54, 1.807) is 12.1 Å². The van der Waals surface area contributed by atoms with Crippen LogP contribution in [0.1, 0.15) is 70.7 Å². The number of hydrogen-bond donors (Lipinski definition) is 3. The zero-order valence-corrected chi connectivity index (χ0v) is 21.0. The summed E-state index contributed by atoms with van der Waals surface area (Å²) in [5.74, 6) is -1.48. The van der Waals surface area contributed by atoms with Crippen LogP contribution in [-0.2, 0) is 6.18 Å². The predicted octanol–water partition coefficient (Wildman–Crippen LogP) is 4.95. The highest BCUT2D eigenvalue weighted by Crippen LogP contribution is 2.44. The Kier molecular flexibility index (Phi) is 6.08. The fraction of sp³-hybridized carbons (Fsp3) is 0.542. The van der Waals surface area contributed by atoms with Crippen LogP contribution < -0.4 is 16.0 Å². The number of halogens is 4. The van der Waals surface area contributed by atoms with Gasteiger partial charge in [-0.1, -0.05) is 6.07 Å². The number of tetrazole rings is 1. The molecule has 1 aromatic carbocycles. The lowest BCUT2D eigenvalue weighted by molar-refractivity contribution is -0.146. The van der Waals surface area contributed by atoms with Gasteiger partial charge in [-0.2, -0.15) is 22.8 Å². The third-order valence-corrected chi connectivity index (χ3v) is 6.53. The van der Waals surface area contributed by atoms with E-state index < -0.39 is 17.8 Å². The first-order valence-electron chi connectivity index (χ1n) is 12.1. The van der Waals surface area contributed by atoms with Gasteiger partial charge in [0.2, 0.25) is 5.95 Å². The molecule has 3 N–H and O–H groups in total. The molecule has 0 amide bonds. The monoisotopic (exact) mass is 519 g/mol. The fourth-order valence-corrected chi connectivity index (χ4v) is 5.35. The van der Waals surface area contributed by atoms with Crippen LogP contribution >= 0.6 is 0 Å². The second kappa shape index (κ2) is 8.89. The fourth-order valence-electron chi connectivity index (χ4n) is 5.35. The zero-order valence-electron chi connectivity index (χ0n) is 21.0. The topological polar surface area (TPSA) is 105 Å². The van der Waals surface area contributed by atoms with Crippen LogP contribution in [0, 0.1) is 5.82 Å². The van der Waals surface area contributed by atoms with Gasteiger partial charge in [0.05, 0.1) is 11.9 Å². The molecule has 2 aromatic heterocycles. The quantitative estimate of drug-likeness (QED) is 0.393. The molecule has 0 spiro atoms. The van der Waals surface area contributed by atoms with E-state index in [2.05, 4.69) is 69.1 Å². The smallest absolute Gasteiger partial charge is 0.365 e. The molecule has 198 valence electrons. The van der Waals surface area contributed by atoms with Gasteiger partial charge in [0.1, 0.15) is 0 Å². The van der Waals surface area contributed by atoms with Crippen LogP contribution in [0.3, 0.4) is 0 Å². The van der Waals surface area contributed by atoms with E-state index in [9.17, 15) is 17.6 Å². The van der Waals surface area contributed by atoms with E-state index in [0.29, 0.717) is 10.4 Å². The van der Waals surface area contributed by atoms with Crippen molar-refractivity contribution in [2.24, 2.45) is 0 Å². The molecular formula is C24H29F4N9. The minimum absolute atomic E-state index is 0.0199. The van der Waals surface area contributed by atoms with Gasteiger partial charge in [0, 0.05) is 22.8 Å². The molecular weight excluding hydrogens is 490 g/mol. The number of rotatable bonds is 6. The van der Waals surface area contributed by atoms with Crippen LogP contribution in [0.4, 0.5) is 35.0 Å². The number of nitrogens with zero attached hydrogens (tertiary/aromatic N) is 6. The Morgan fingerprint density at radius 1 is 1.08 bits per heavy atom. The summed E-state index contributed by atoms with van der Waals surface area (Å²) in [4.78, 5) is 8.35. The molecule has 9 nitrogen and oxygen atoms in total. The van der Waals surface area contributed by atoms with Gasteiger partial charge in [-0.05, 0) is 87.4 Å². The number of piperidine rings is 1. The van der Waals surface area contributed by atoms with E-state index >= 15 is 0 Å². The van der Waals surface area contributed by atoms with Crippen LogP contribution in [0.2, 0.25) is 0 Å². The van der Waals surface area contributed by atoms with E-state index in [1.165, 1.54) is 6.07 Å². The third kappa shape index (κ3) is 5.65. The van der Waals surface area contributed by atoms with Crippen molar-refractivity contribution < 1.29 is 17.6 Å². The van der Waals surface area contributed by atoms with Crippen molar-refractivity contribution >= 4 is 17.5 Å². The highest BCUT2D eigenvalue weighted by Gasteiger charge is 2.40. The van der Waals surface area contributed by atoms with E-state index in [4.69, 9.17) is 0 Å². The molecule has 1 saturated heterocycles. The molecule has 0 unspecified atom stereocenters. The van der Waals surface area contributed by atoms with Crippen molar-refractivity contribution in [2.75, 3.05) is 10.6 Å². The molecule has 3 aromatic rings. The Morgan fingerprint density at radius 3 is 2.43 bits per heavy atom. The molecule has 13 heteroatoms. The van der Waals surface area contributed by atoms with Crippen LogP contribution in [-0.4, -0.2) is 47.3 Å². The average molecular weight is 520 g/mol. The van der Waals surface area contributed by atoms with Crippen molar-refractivity contribution in [1.82, 2.24) is 35.5 Å². The van der Waals surface area contributed by atoms with Crippen molar-refractivity contribution in [1.29, 1.82) is 0 Å². The molecule has 37 heavy (non-hydrogen) atoms. The average Bonchev–Trinajstić information content (AvgIpc) is 3.48. The zero-order chi connectivity index (χ0) is 26.6. The van der Waals surface area contributed by atoms with Crippen LogP contribution in [0.15, 0.2) is 24.4 Å². The molecule has 0 bridgehead atoms. The minimum Gasteiger partial charge on any atom is -0.365 e. The number of nitrogens with one attached hydrogen (secondary N) is 3. The molecule has 1 saturated carbocycles. The van der Waals surface area contributed by atoms with Crippen molar-refractivity contribution in [3.05, 3.63) is 41.6 Å². The van der Waals surface area contributed by atoms with E-state index in [0.717, 1.165) is 37.4 Å². The Bertz CT molecular complexity index is 1280. The lowest BCUT2D eigenvalue weighted by Crippen LogP contribution is -2.60. The predicted molar refractivity (Wildman–Crippen MR) is 129 cm³/mol. The maximum absolute atomic E-state index is 14.6. The third-order valence-electron chi connectivity index (χ3n) is 6.53. The van der Waals surface area contributed by atoms with Crippen molar-refractivity contribution in [3.8, 4) is 5.69 Å². The Morgan fingerprint density at radius 2 is 1.78 bits per heavy atom. The standard InChI is InChI=1S/C24H29F4N9/c1-22(2)10-15(11-23(3,4)34-22)30-19-17(25)12-29-21(32-19)31-14-7-8-16(13-5-6-13)18(9-14)37-20(24(26,27)28)33-35-36-37/h7-9,12-13,15,34H,5-6,10-11H2,1-4H3,(H2,29,30,31,32). The molecule has 1 aliphatic carbocycles. The van der Waals surface area contributed by atoms with Gasteiger partial charge in [0.15, 0.2) is 11.6 Å². The first kappa shape index (κ1) is 25.3. The second-order valence-electron chi connectivity index (χ2n) is 11.1. The lowest BCUT2D eigenvalue weighted by atomic mass is 9.79. The molecule has 2 aliphatic rings. The minimum atomic E-state index is -4.72. The summed E-state index contributed by atoms with van der Waals surface area (Å²) in [6.45, 7) is 8.40. The van der Waals surface area contributed by atoms with E-state index in [-0.39, 0.29) is 40.5 Å². The summed E-state index contributed by atoms with van der Waals surface area (Å²) < 4.78 is 55.8. The first-order valence-corrected chi connectivity index (χ1v) is 12.1. The summed E-state index contributed by atoms with van der Waals surface area (Å²) in [5.41, 5.74) is 1.08. The number of benzene rings is 1. The second-order valence-corrected chi connectivity index (χ2v) is 11.1. The highest BCUT2D eigenvalue weighted by molar-refractivity contribution is 5.62. The van der Waals surface area contributed by atoms with Gasteiger partial charge in [-0.15, -0.1) is 5.10 Å². The van der Waals surface area contributed by atoms with Gasteiger partial charge in [0.25, 0.3) is 5.82 Å². The molecule has 1 aliphatic heterocycles. The van der Waals surface area contributed by atoms with Gasteiger partial charge < -0.3 is 16.0 Å². The molecule has 2 fully saturated rings. The molecule has 0 radical (unpaired) electrons. The summed E-state index contributed by atoms with van der Waals surface area (Å²) in [5, 5.41) is 19.8. The SMILES string of the molecule is CC1(C)CC(Nc2nc(Nc3ccc(C4CC4)c(-n4nnnc4C(F)(F)F)c3)ncc2F)CC(C)(C)N1. The summed E-state index contributed by atoms with van der Waals surface area (Å²) in [7, 11) is 0. The Balaban J connectivity index is 1.42. The number of aromatic nitrogens is 6. The molecule has 3 heterocycles. The summed E-state index contributed by atoms with van der Waals surface area (Å²) >= 11 is 0. The largest absolute Gasteiger partial charge is 0.453 e. The van der Waals surface area contributed by atoms with Gasteiger partial charge in [-0.25, -0.2) is 9.37 Å². The number of anilines is 3. The Labute approximate surface area is 211 Å². The van der Waals surface area contributed by atoms with Gasteiger partial charge in [-0.3, -0.25) is 0 Å². The normalized spacial score (nSPS) is 19.6. The van der Waals surface area contributed by atoms with Gasteiger partial charge >= 0.3 is 6.18 Å². The highest BCUT2D eigenvalue weighted by atomic mass is 19.4. The lowest BCUT2D eigenvalue weighted by Gasteiger charge is -2.46. The summed E-state index contributed by atoms with van der Waals surface area (Å²) in [6.07, 6.45) is -0.360. The van der Waals surface area contributed by atoms with Crippen LogP contribution in [0.5, 0.6) is 0 Å². The maximum atomic E-state index is 14.6. The maximum Gasteiger partial charge on any atom is 0.453 e. The van der Waals surface area contributed by atoms with E-state index in [1.807, 2.05) is 0 Å². The first-order chi connectivity index (χ1) is 17.3. The van der Waals surface area contributed by atoms with Crippen molar-refractivity contribution in [3.63, 3.8) is 0 Å². The molecule has 5 rings (SSSR count). The summed E-state index contributed by atoms with van der Waals surface area (Å²) in [6, 6.07) is 4.98. The number of hydrogen-bond acceptors (Lipinski definition) is 8. The Hall–Kier alpha value is -3.35. The molecule has 0 atom stereocenters. The van der Waals surface area contributed by atoms with Crippen LogP contribution in [0.25, 0.3) is 5.69 Å².